The molecule has 0 aromatic heterocycles. The Kier molecular flexibility index (Phi) is 5.43. The Morgan fingerprint density at radius 3 is 2.88 bits per heavy atom. The lowest BCUT2D eigenvalue weighted by atomic mass is 10.0. The van der Waals surface area contributed by atoms with E-state index in [-0.39, 0.29) is 12.5 Å². The molecule has 0 aliphatic carbocycles. The van der Waals surface area contributed by atoms with Crippen LogP contribution < -0.4 is 5.32 Å². The smallest absolute Gasteiger partial charge is 0.220 e. The molecule has 0 bridgehead atoms. The molecule has 0 spiro atoms. The zero-order valence-electron chi connectivity index (χ0n) is 10.1. The SMILES string of the molecule is C=CCCC(=O)NCC(O)c1ccccc1C. The van der Waals surface area contributed by atoms with Gasteiger partial charge in [0.1, 0.15) is 0 Å². The van der Waals surface area contributed by atoms with Gasteiger partial charge in [0, 0.05) is 13.0 Å². The molecule has 0 aliphatic heterocycles. The summed E-state index contributed by atoms with van der Waals surface area (Å²) in [6.45, 7) is 5.75. The lowest BCUT2D eigenvalue weighted by molar-refractivity contribution is -0.121. The predicted octanol–water partition coefficient (Wildman–Crippen LogP) is 2.11. The molecule has 2 N–H and O–H groups in total. The highest BCUT2D eigenvalue weighted by molar-refractivity contribution is 5.76. The van der Waals surface area contributed by atoms with E-state index < -0.39 is 6.10 Å². The highest BCUT2D eigenvalue weighted by Crippen LogP contribution is 2.16. The number of carbonyl (C=O) groups is 1. The van der Waals surface area contributed by atoms with Gasteiger partial charge in [-0.2, -0.15) is 0 Å². The van der Waals surface area contributed by atoms with Crippen LogP contribution in [0.2, 0.25) is 0 Å². The van der Waals surface area contributed by atoms with Crippen LogP contribution in [0.5, 0.6) is 0 Å². The molecule has 3 heteroatoms. The van der Waals surface area contributed by atoms with Crippen molar-refractivity contribution < 1.29 is 9.90 Å². The molecule has 1 aromatic rings. The Morgan fingerprint density at radius 2 is 2.24 bits per heavy atom. The van der Waals surface area contributed by atoms with Gasteiger partial charge in [0.15, 0.2) is 0 Å². The summed E-state index contributed by atoms with van der Waals surface area (Å²) in [7, 11) is 0. The number of hydrogen-bond acceptors (Lipinski definition) is 2. The van der Waals surface area contributed by atoms with Crippen molar-refractivity contribution in [2.75, 3.05) is 6.54 Å². The normalized spacial score (nSPS) is 11.9. The fraction of sp³-hybridized carbons (Fsp3) is 0.357. The van der Waals surface area contributed by atoms with E-state index in [0.29, 0.717) is 12.8 Å². The molecule has 17 heavy (non-hydrogen) atoms. The van der Waals surface area contributed by atoms with E-state index in [1.807, 2.05) is 31.2 Å². The van der Waals surface area contributed by atoms with Gasteiger partial charge in [-0.05, 0) is 24.5 Å². The summed E-state index contributed by atoms with van der Waals surface area (Å²) in [6, 6.07) is 7.62. The van der Waals surface area contributed by atoms with Crippen molar-refractivity contribution in [1.82, 2.24) is 5.32 Å². The average molecular weight is 233 g/mol. The second-order valence-corrected chi connectivity index (χ2v) is 4.00. The first kappa shape index (κ1) is 13.5. The Hall–Kier alpha value is -1.61. The third kappa shape index (κ3) is 4.41. The Balaban J connectivity index is 2.45. The maximum Gasteiger partial charge on any atom is 0.220 e. The second-order valence-electron chi connectivity index (χ2n) is 4.00. The van der Waals surface area contributed by atoms with Gasteiger partial charge in [-0.15, -0.1) is 6.58 Å². The minimum Gasteiger partial charge on any atom is -0.387 e. The molecule has 0 aliphatic rings. The van der Waals surface area contributed by atoms with Crippen molar-refractivity contribution >= 4 is 5.91 Å². The van der Waals surface area contributed by atoms with Crippen molar-refractivity contribution in [2.24, 2.45) is 0 Å². The minimum atomic E-state index is -0.649. The van der Waals surface area contributed by atoms with Crippen LogP contribution in [0.15, 0.2) is 36.9 Å². The average Bonchev–Trinajstić information content (AvgIpc) is 2.34. The number of allylic oxidation sites excluding steroid dienone is 1. The number of amides is 1. The van der Waals surface area contributed by atoms with Crippen LogP contribution >= 0.6 is 0 Å². The van der Waals surface area contributed by atoms with Gasteiger partial charge in [0.25, 0.3) is 0 Å². The quantitative estimate of drug-likeness (QED) is 0.739. The van der Waals surface area contributed by atoms with Gasteiger partial charge in [-0.3, -0.25) is 4.79 Å². The first-order chi connectivity index (χ1) is 8.15. The summed E-state index contributed by atoms with van der Waals surface area (Å²) in [5.41, 5.74) is 1.89. The number of carbonyl (C=O) groups excluding carboxylic acids is 1. The van der Waals surface area contributed by atoms with Crippen LogP contribution in [-0.2, 0) is 4.79 Å². The number of hydrogen-bond donors (Lipinski definition) is 2. The van der Waals surface area contributed by atoms with Crippen molar-refractivity contribution in [1.29, 1.82) is 0 Å². The Bertz CT molecular complexity index is 388. The standard InChI is InChI=1S/C14H19NO2/c1-3-4-9-14(17)15-10-13(16)12-8-6-5-7-11(12)2/h3,5-8,13,16H,1,4,9-10H2,2H3,(H,15,17). The second kappa shape index (κ2) is 6.86. The topological polar surface area (TPSA) is 49.3 Å². The van der Waals surface area contributed by atoms with Gasteiger partial charge >= 0.3 is 0 Å². The fourth-order valence-corrected chi connectivity index (χ4v) is 1.60. The van der Waals surface area contributed by atoms with Gasteiger partial charge in [0.05, 0.1) is 6.10 Å². The minimum absolute atomic E-state index is 0.0578. The van der Waals surface area contributed by atoms with E-state index in [2.05, 4.69) is 11.9 Å². The summed E-state index contributed by atoms with van der Waals surface area (Å²) in [5.74, 6) is -0.0578. The molecule has 92 valence electrons. The molecule has 0 fully saturated rings. The van der Waals surface area contributed by atoms with E-state index in [4.69, 9.17) is 0 Å². The van der Waals surface area contributed by atoms with E-state index in [9.17, 15) is 9.90 Å². The first-order valence-electron chi connectivity index (χ1n) is 5.76. The first-order valence-corrected chi connectivity index (χ1v) is 5.76. The lowest BCUT2D eigenvalue weighted by Crippen LogP contribution is -2.28. The van der Waals surface area contributed by atoms with Crippen LogP contribution in [0.4, 0.5) is 0 Å². The summed E-state index contributed by atoms with van der Waals surface area (Å²) in [5, 5.41) is 12.6. The summed E-state index contributed by atoms with van der Waals surface area (Å²) < 4.78 is 0. The third-order valence-electron chi connectivity index (χ3n) is 2.62. The summed E-state index contributed by atoms with van der Waals surface area (Å²) >= 11 is 0. The van der Waals surface area contributed by atoms with Gasteiger partial charge in [-0.1, -0.05) is 30.3 Å². The maximum absolute atomic E-state index is 11.4. The molecule has 1 unspecified atom stereocenters. The van der Waals surface area contributed by atoms with Gasteiger partial charge < -0.3 is 10.4 Å². The number of aliphatic hydroxyl groups excluding tert-OH is 1. The highest BCUT2D eigenvalue weighted by Gasteiger charge is 2.10. The molecular formula is C14H19NO2. The number of nitrogens with one attached hydrogen (secondary N) is 1. The summed E-state index contributed by atoms with van der Waals surface area (Å²) in [4.78, 5) is 11.4. The highest BCUT2D eigenvalue weighted by atomic mass is 16.3. The van der Waals surface area contributed by atoms with Crippen LogP contribution in [0.25, 0.3) is 0 Å². The monoisotopic (exact) mass is 233 g/mol. The third-order valence-corrected chi connectivity index (χ3v) is 2.62. The van der Waals surface area contributed by atoms with E-state index in [0.717, 1.165) is 11.1 Å². The van der Waals surface area contributed by atoms with Gasteiger partial charge in [0.2, 0.25) is 5.91 Å². The van der Waals surface area contributed by atoms with E-state index in [1.54, 1.807) is 6.08 Å². The van der Waals surface area contributed by atoms with Crippen LogP contribution in [-0.4, -0.2) is 17.6 Å². The van der Waals surface area contributed by atoms with Crippen molar-refractivity contribution in [2.45, 2.75) is 25.9 Å². The molecule has 1 atom stereocenters. The van der Waals surface area contributed by atoms with E-state index >= 15 is 0 Å². The molecule has 0 saturated heterocycles. The molecule has 1 rings (SSSR count). The largest absolute Gasteiger partial charge is 0.387 e. The Labute approximate surface area is 102 Å². The van der Waals surface area contributed by atoms with Crippen LogP contribution in [0.1, 0.15) is 30.1 Å². The fourth-order valence-electron chi connectivity index (χ4n) is 1.60. The molecule has 0 saturated carbocycles. The molecule has 1 amide bonds. The molecule has 1 aromatic carbocycles. The van der Waals surface area contributed by atoms with E-state index in [1.165, 1.54) is 0 Å². The lowest BCUT2D eigenvalue weighted by Gasteiger charge is -2.14. The van der Waals surface area contributed by atoms with Crippen molar-refractivity contribution in [3.63, 3.8) is 0 Å². The number of benzene rings is 1. The zero-order valence-corrected chi connectivity index (χ0v) is 10.1. The van der Waals surface area contributed by atoms with Crippen LogP contribution in [0, 0.1) is 6.92 Å². The number of aryl methyl sites for hydroxylation is 1. The zero-order chi connectivity index (χ0) is 12.7. The van der Waals surface area contributed by atoms with Crippen molar-refractivity contribution in [3.05, 3.63) is 48.0 Å². The summed E-state index contributed by atoms with van der Waals surface area (Å²) in [6.07, 6.45) is 2.14. The number of rotatable bonds is 6. The predicted molar refractivity (Wildman–Crippen MR) is 68.6 cm³/mol. The molecule has 3 nitrogen and oxygen atoms in total. The van der Waals surface area contributed by atoms with Crippen LogP contribution in [0.3, 0.4) is 0 Å². The van der Waals surface area contributed by atoms with Crippen molar-refractivity contribution in [3.8, 4) is 0 Å². The van der Waals surface area contributed by atoms with Gasteiger partial charge in [-0.25, -0.2) is 0 Å². The molecule has 0 radical (unpaired) electrons. The Morgan fingerprint density at radius 1 is 1.53 bits per heavy atom. The molecular weight excluding hydrogens is 214 g/mol. The maximum atomic E-state index is 11.4. The molecule has 0 heterocycles. The number of aliphatic hydroxyl groups is 1.